The Labute approximate surface area is 364 Å². The second-order valence-corrected chi connectivity index (χ2v) is 18.5. The minimum absolute atomic E-state index is 0.0202. The zero-order chi connectivity index (χ0) is 43.4. The number of carbonyl (C=O) groups excluding carboxylic acids is 1. The Morgan fingerprint density at radius 1 is 0.542 bits per heavy atom. The normalized spacial score (nSPS) is 14.2. The number of nitrogens with zero attached hydrogens (tertiary/aromatic N) is 1. The minimum atomic E-state index is -4.54. The summed E-state index contributed by atoms with van der Waals surface area (Å²) in [7, 11) is 1.34. The van der Waals surface area contributed by atoms with E-state index in [1.807, 2.05) is 21.1 Å². The second kappa shape index (κ2) is 42.9. The first-order valence-electron chi connectivity index (χ1n) is 24.0. The van der Waals surface area contributed by atoms with Gasteiger partial charge < -0.3 is 27.9 Å². The average Bonchev–Trinajstić information content (AvgIpc) is 3.19. The fourth-order valence-electron chi connectivity index (χ4n) is 6.36. The van der Waals surface area contributed by atoms with Crippen LogP contribution in [0, 0.1) is 0 Å². The van der Waals surface area contributed by atoms with Gasteiger partial charge in [0, 0.05) is 13.0 Å². The number of carbonyl (C=O) groups is 1. The smallest absolute Gasteiger partial charge is 0.306 e. The highest BCUT2D eigenvalue weighted by Gasteiger charge is 2.20. The minimum Gasteiger partial charge on any atom is -0.756 e. The molecule has 0 rings (SSSR count). The topological polar surface area (TPSA) is 94.1 Å². The van der Waals surface area contributed by atoms with Crippen molar-refractivity contribution in [3.8, 4) is 0 Å². The molecule has 59 heavy (non-hydrogen) atoms. The van der Waals surface area contributed by atoms with Crippen molar-refractivity contribution in [3.05, 3.63) is 60.8 Å². The van der Waals surface area contributed by atoms with Crippen LogP contribution in [0.5, 0.6) is 0 Å². The van der Waals surface area contributed by atoms with Crippen LogP contribution < -0.4 is 4.89 Å². The number of ether oxygens (including phenoxy) is 2. The number of phosphoric ester groups is 1. The van der Waals surface area contributed by atoms with E-state index in [1.54, 1.807) is 0 Å². The molecule has 0 aromatic carbocycles. The molecule has 2 unspecified atom stereocenters. The van der Waals surface area contributed by atoms with Crippen molar-refractivity contribution in [2.45, 2.75) is 200 Å². The second-order valence-electron chi connectivity index (χ2n) is 17.1. The highest BCUT2D eigenvalue weighted by molar-refractivity contribution is 7.45. The Bertz CT molecular complexity index is 1130. The molecule has 0 aliphatic heterocycles. The van der Waals surface area contributed by atoms with Crippen LogP contribution in [-0.4, -0.2) is 70.7 Å². The summed E-state index contributed by atoms with van der Waals surface area (Å²) in [5, 5.41) is 0. The van der Waals surface area contributed by atoms with Gasteiger partial charge in [-0.25, -0.2) is 0 Å². The third-order valence-corrected chi connectivity index (χ3v) is 11.0. The highest BCUT2D eigenvalue weighted by Crippen LogP contribution is 2.38. The summed E-state index contributed by atoms with van der Waals surface area (Å²) in [5.41, 5.74) is 0. The highest BCUT2D eigenvalue weighted by atomic mass is 31.2. The van der Waals surface area contributed by atoms with Crippen LogP contribution in [0.15, 0.2) is 60.8 Å². The van der Waals surface area contributed by atoms with Crippen LogP contribution in [0.25, 0.3) is 0 Å². The van der Waals surface area contributed by atoms with E-state index in [0.29, 0.717) is 24.1 Å². The Morgan fingerprint density at radius 2 is 0.983 bits per heavy atom. The van der Waals surface area contributed by atoms with Crippen molar-refractivity contribution < 1.29 is 37.3 Å². The SMILES string of the molecule is CC/C=C\C/C=C\C/C=C\C/C=C\CCCCCCCCC(=O)OC(COCCCCCCCCCC/C=C\CCCCCCCC)COP(=O)([O-])OCC[N+](C)(C)C. The standard InChI is InChI=1S/C50H92NO7P/c1-6-8-10-12-14-16-18-20-22-24-26-27-29-31-33-35-37-39-41-43-50(52)58-49(48-57-59(53,54)56-46-44-51(3,4)5)47-55-45-42-40-38-36-34-32-30-28-25-23-21-19-17-15-13-11-9-7-2/h8,10,14,16,20-23,26-27,49H,6-7,9,11-13,15,17-19,24-25,28-48H2,1-5H3/b10-8-,16-14-,22-20-,23-21-,27-26-. The first kappa shape index (κ1) is 57.2. The number of unbranched alkanes of at least 4 members (excludes halogenated alkanes) is 20. The lowest BCUT2D eigenvalue weighted by Gasteiger charge is -2.28. The van der Waals surface area contributed by atoms with E-state index < -0.39 is 13.9 Å². The Kier molecular flexibility index (Phi) is 41.6. The maximum absolute atomic E-state index is 12.7. The molecule has 0 fully saturated rings. The monoisotopic (exact) mass is 850 g/mol. The van der Waals surface area contributed by atoms with Crippen molar-refractivity contribution in [1.29, 1.82) is 0 Å². The fourth-order valence-corrected chi connectivity index (χ4v) is 7.08. The van der Waals surface area contributed by atoms with E-state index in [-0.39, 0.29) is 25.8 Å². The van der Waals surface area contributed by atoms with Crippen molar-refractivity contribution in [2.24, 2.45) is 0 Å². The molecular weight excluding hydrogens is 758 g/mol. The van der Waals surface area contributed by atoms with E-state index in [2.05, 4.69) is 74.6 Å². The van der Waals surface area contributed by atoms with Gasteiger partial charge in [-0.2, -0.15) is 0 Å². The number of likely N-dealkylation sites (N-methyl/N-ethyl adjacent to an activating group) is 1. The maximum Gasteiger partial charge on any atom is 0.306 e. The predicted octanol–water partition coefficient (Wildman–Crippen LogP) is 13.9. The van der Waals surface area contributed by atoms with Gasteiger partial charge in [-0.3, -0.25) is 9.36 Å². The molecule has 0 radical (unpaired) electrons. The number of quaternary nitrogens is 1. The summed E-state index contributed by atoms with van der Waals surface area (Å²) in [6.45, 7) is 5.27. The Morgan fingerprint density at radius 3 is 1.49 bits per heavy atom. The third kappa shape index (κ3) is 47.1. The molecule has 0 aromatic heterocycles. The molecule has 8 nitrogen and oxygen atoms in total. The molecule has 9 heteroatoms. The van der Waals surface area contributed by atoms with Gasteiger partial charge in [-0.15, -0.1) is 0 Å². The van der Waals surface area contributed by atoms with E-state index in [1.165, 1.54) is 103 Å². The number of hydrogen-bond donors (Lipinski definition) is 0. The zero-order valence-electron chi connectivity index (χ0n) is 38.9. The van der Waals surface area contributed by atoms with Gasteiger partial charge in [0.1, 0.15) is 19.3 Å². The quantitative estimate of drug-likeness (QED) is 0.0198. The molecule has 344 valence electrons. The van der Waals surface area contributed by atoms with Gasteiger partial charge in [0.05, 0.1) is 34.4 Å². The lowest BCUT2D eigenvalue weighted by Crippen LogP contribution is -2.37. The third-order valence-electron chi connectivity index (χ3n) is 10.1. The molecule has 0 saturated carbocycles. The molecular formula is C50H92NO7P. The van der Waals surface area contributed by atoms with Gasteiger partial charge in [0.15, 0.2) is 0 Å². The van der Waals surface area contributed by atoms with E-state index in [0.717, 1.165) is 70.6 Å². The molecule has 0 N–H and O–H groups in total. The molecule has 0 aliphatic carbocycles. The van der Waals surface area contributed by atoms with Gasteiger partial charge >= 0.3 is 5.97 Å². The van der Waals surface area contributed by atoms with Crippen molar-refractivity contribution >= 4 is 13.8 Å². The first-order valence-corrected chi connectivity index (χ1v) is 25.5. The van der Waals surface area contributed by atoms with Crippen LogP contribution in [0.3, 0.4) is 0 Å². The number of phosphoric acid groups is 1. The largest absolute Gasteiger partial charge is 0.756 e. The van der Waals surface area contributed by atoms with Crippen LogP contribution in [0.1, 0.15) is 194 Å². The summed E-state index contributed by atoms with van der Waals surface area (Å²) >= 11 is 0. The fraction of sp³-hybridized carbons (Fsp3) is 0.780. The van der Waals surface area contributed by atoms with Crippen molar-refractivity contribution in [1.82, 2.24) is 0 Å². The number of rotatable bonds is 44. The van der Waals surface area contributed by atoms with Gasteiger partial charge in [-0.05, 0) is 77.0 Å². The molecule has 0 spiro atoms. The number of esters is 1. The molecule has 0 aromatic rings. The van der Waals surface area contributed by atoms with Gasteiger partial charge in [-0.1, -0.05) is 171 Å². The first-order chi connectivity index (χ1) is 28.6. The maximum atomic E-state index is 12.7. The molecule has 0 saturated heterocycles. The van der Waals surface area contributed by atoms with Crippen LogP contribution in [0.4, 0.5) is 0 Å². The van der Waals surface area contributed by atoms with Crippen molar-refractivity contribution in [3.63, 3.8) is 0 Å². The van der Waals surface area contributed by atoms with Crippen molar-refractivity contribution in [2.75, 3.05) is 54.1 Å². The van der Waals surface area contributed by atoms with E-state index in [4.69, 9.17) is 18.5 Å². The zero-order valence-corrected chi connectivity index (χ0v) is 39.8. The Hall–Kier alpha value is -1.80. The summed E-state index contributed by atoms with van der Waals surface area (Å²) in [6, 6.07) is 0. The molecule has 0 heterocycles. The molecule has 0 bridgehead atoms. The summed E-state index contributed by atoms with van der Waals surface area (Å²) < 4.78 is 34.7. The van der Waals surface area contributed by atoms with Crippen LogP contribution in [-0.2, 0) is 27.9 Å². The molecule has 0 aliphatic rings. The average molecular weight is 850 g/mol. The lowest BCUT2D eigenvalue weighted by atomic mass is 10.1. The lowest BCUT2D eigenvalue weighted by molar-refractivity contribution is -0.870. The summed E-state index contributed by atoms with van der Waals surface area (Å²) in [4.78, 5) is 25.1. The van der Waals surface area contributed by atoms with Crippen LogP contribution in [0.2, 0.25) is 0 Å². The van der Waals surface area contributed by atoms with Gasteiger partial charge in [0.2, 0.25) is 0 Å². The van der Waals surface area contributed by atoms with Crippen LogP contribution >= 0.6 is 7.82 Å². The predicted molar refractivity (Wildman–Crippen MR) is 249 cm³/mol. The Balaban J connectivity index is 4.23. The summed E-state index contributed by atoms with van der Waals surface area (Å²) in [6.07, 6.45) is 53.7. The number of hydrogen-bond acceptors (Lipinski definition) is 7. The number of allylic oxidation sites excluding steroid dienone is 10. The molecule has 2 atom stereocenters. The molecule has 0 amide bonds. The van der Waals surface area contributed by atoms with E-state index in [9.17, 15) is 14.3 Å². The van der Waals surface area contributed by atoms with E-state index >= 15 is 0 Å². The van der Waals surface area contributed by atoms with Gasteiger partial charge in [0.25, 0.3) is 7.82 Å². The summed E-state index contributed by atoms with van der Waals surface area (Å²) in [5.74, 6) is -0.350.